The molecule has 1 aliphatic rings. The van der Waals surface area contributed by atoms with Gasteiger partial charge in [0.2, 0.25) is 5.91 Å². The van der Waals surface area contributed by atoms with Crippen molar-refractivity contribution >= 4 is 21.8 Å². The Morgan fingerprint density at radius 2 is 2.06 bits per heavy atom. The SMILES string of the molecule is C[C@H](NC(=O)C1(CN)CCC1)c1ccc(Br)cc1. The van der Waals surface area contributed by atoms with Gasteiger partial charge in [-0.2, -0.15) is 0 Å². The highest BCUT2D eigenvalue weighted by Crippen LogP contribution is 2.40. The van der Waals surface area contributed by atoms with Gasteiger partial charge in [0.05, 0.1) is 11.5 Å². The number of hydrogen-bond acceptors (Lipinski definition) is 2. The Labute approximate surface area is 116 Å². The Morgan fingerprint density at radius 1 is 1.44 bits per heavy atom. The second-order valence-electron chi connectivity index (χ2n) is 5.08. The monoisotopic (exact) mass is 310 g/mol. The van der Waals surface area contributed by atoms with Gasteiger partial charge in [-0.1, -0.05) is 34.5 Å². The number of rotatable bonds is 4. The molecule has 18 heavy (non-hydrogen) atoms. The van der Waals surface area contributed by atoms with Crippen LogP contribution in [0.25, 0.3) is 0 Å². The summed E-state index contributed by atoms with van der Waals surface area (Å²) >= 11 is 3.40. The summed E-state index contributed by atoms with van der Waals surface area (Å²) in [6, 6.07) is 8.03. The number of nitrogens with two attached hydrogens (primary N) is 1. The molecule has 1 aliphatic carbocycles. The normalized spacial score (nSPS) is 18.8. The number of carbonyl (C=O) groups excluding carboxylic acids is 1. The maximum atomic E-state index is 12.2. The summed E-state index contributed by atoms with van der Waals surface area (Å²) in [5.41, 5.74) is 6.54. The van der Waals surface area contributed by atoms with Gasteiger partial charge in [0.1, 0.15) is 0 Å². The molecule has 4 heteroatoms. The Hall–Kier alpha value is -0.870. The second kappa shape index (κ2) is 5.41. The highest BCUT2D eigenvalue weighted by Gasteiger charge is 2.43. The molecule has 1 aromatic rings. The van der Waals surface area contributed by atoms with Crippen LogP contribution in [-0.2, 0) is 4.79 Å². The zero-order chi connectivity index (χ0) is 13.2. The lowest BCUT2D eigenvalue weighted by Gasteiger charge is -2.39. The maximum absolute atomic E-state index is 12.2. The molecule has 0 spiro atoms. The Morgan fingerprint density at radius 3 is 2.50 bits per heavy atom. The minimum atomic E-state index is -0.302. The van der Waals surface area contributed by atoms with Crippen molar-refractivity contribution in [1.29, 1.82) is 0 Å². The molecule has 0 aliphatic heterocycles. The third-order valence-electron chi connectivity index (χ3n) is 3.90. The molecule has 98 valence electrons. The number of nitrogens with one attached hydrogen (secondary N) is 1. The van der Waals surface area contributed by atoms with Gasteiger partial charge >= 0.3 is 0 Å². The zero-order valence-corrected chi connectivity index (χ0v) is 12.2. The van der Waals surface area contributed by atoms with Gasteiger partial charge in [-0.25, -0.2) is 0 Å². The van der Waals surface area contributed by atoms with Gasteiger partial charge in [-0.05, 0) is 37.5 Å². The average Bonchev–Trinajstić information content (AvgIpc) is 2.29. The highest BCUT2D eigenvalue weighted by molar-refractivity contribution is 9.10. The molecule has 1 amide bonds. The van der Waals surface area contributed by atoms with E-state index < -0.39 is 0 Å². The van der Waals surface area contributed by atoms with Crippen LogP contribution in [0.15, 0.2) is 28.7 Å². The first-order valence-corrected chi connectivity index (χ1v) is 7.13. The summed E-state index contributed by atoms with van der Waals surface area (Å²) in [6.07, 6.45) is 2.95. The van der Waals surface area contributed by atoms with E-state index in [4.69, 9.17) is 5.73 Å². The van der Waals surface area contributed by atoms with Crippen LogP contribution in [-0.4, -0.2) is 12.5 Å². The average molecular weight is 311 g/mol. The molecule has 2 rings (SSSR count). The number of carbonyl (C=O) groups is 1. The molecular formula is C14H19BrN2O. The van der Waals surface area contributed by atoms with Crippen molar-refractivity contribution in [3.63, 3.8) is 0 Å². The van der Waals surface area contributed by atoms with Crippen LogP contribution in [0.5, 0.6) is 0 Å². The molecular weight excluding hydrogens is 292 g/mol. The number of halogens is 1. The van der Waals surface area contributed by atoms with Gasteiger partial charge in [-0.3, -0.25) is 4.79 Å². The molecule has 0 heterocycles. The summed E-state index contributed by atoms with van der Waals surface area (Å²) in [7, 11) is 0. The van der Waals surface area contributed by atoms with Crippen molar-refractivity contribution in [2.45, 2.75) is 32.2 Å². The van der Waals surface area contributed by atoms with Crippen LogP contribution in [0.3, 0.4) is 0 Å². The number of amides is 1. The van der Waals surface area contributed by atoms with E-state index in [0.717, 1.165) is 29.3 Å². The minimum absolute atomic E-state index is 0.0228. The lowest BCUT2D eigenvalue weighted by atomic mass is 9.68. The van der Waals surface area contributed by atoms with Crippen molar-refractivity contribution in [2.24, 2.45) is 11.1 Å². The smallest absolute Gasteiger partial charge is 0.227 e. The highest BCUT2D eigenvalue weighted by atomic mass is 79.9. The van der Waals surface area contributed by atoms with E-state index in [1.165, 1.54) is 0 Å². The van der Waals surface area contributed by atoms with Crippen LogP contribution in [0.4, 0.5) is 0 Å². The van der Waals surface area contributed by atoms with Crippen molar-refractivity contribution in [2.75, 3.05) is 6.54 Å². The second-order valence-corrected chi connectivity index (χ2v) is 6.00. The van der Waals surface area contributed by atoms with Gasteiger partial charge in [-0.15, -0.1) is 0 Å². The third-order valence-corrected chi connectivity index (χ3v) is 4.43. The standard InChI is InChI=1S/C14H19BrN2O/c1-10(11-3-5-12(15)6-4-11)17-13(18)14(9-16)7-2-8-14/h3-6,10H,2,7-9,16H2,1H3,(H,17,18)/t10-/m0/s1. The van der Waals surface area contributed by atoms with Gasteiger partial charge in [0.15, 0.2) is 0 Å². The maximum Gasteiger partial charge on any atom is 0.227 e. The first-order chi connectivity index (χ1) is 8.57. The van der Waals surface area contributed by atoms with E-state index >= 15 is 0 Å². The number of hydrogen-bond donors (Lipinski definition) is 2. The molecule has 3 N–H and O–H groups in total. The molecule has 1 saturated carbocycles. The van der Waals surface area contributed by atoms with Crippen LogP contribution < -0.4 is 11.1 Å². The predicted octanol–water partition coefficient (Wildman–Crippen LogP) is 2.76. The third kappa shape index (κ3) is 2.59. The van der Waals surface area contributed by atoms with Gasteiger partial charge in [0, 0.05) is 11.0 Å². The van der Waals surface area contributed by atoms with Crippen molar-refractivity contribution in [1.82, 2.24) is 5.32 Å². The van der Waals surface area contributed by atoms with Crippen LogP contribution in [0.2, 0.25) is 0 Å². The lowest BCUT2D eigenvalue weighted by Crippen LogP contribution is -2.50. The first kappa shape index (κ1) is 13.6. The largest absolute Gasteiger partial charge is 0.349 e. The summed E-state index contributed by atoms with van der Waals surface area (Å²) in [6.45, 7) is 2.45. The quantitative estimate of drug-likeness (QED) is 0.898. The topological polar surface area (TPSA) is 55.1 Å². The zero-order valence-electron chi connectivity index (χ0n) is 10.6. The minimum Gasteiger partial charge on any atom is -0.349 e. The van der Waals surface area contributed by atoms with Crippen molar-refractivity contribution in [3.05, 3.63) is 34.3 Å². The van der Waals surface area contributed by atoms with E-state index in [0.29, 0.717) is 6.54 Å². The summed E-state index contributed by atoms with van der Waals surface area (Å²) < 4.78 is 1.04. The van der Waals surface area contributed by atoms with Crippen molar-refractivity contribution in [3.8, 4) is 0 Å². The van der Waals surface area contributed by atoms with E-state index in [1.807, 2.05) is 31.2 Å². The Kier molecular flexibility index (Phi) is 4.07. The summed E-state index contributed by atoms with van der Waals surface area (Å²) in [5, 5.41) is 3.08. The molecule has 1 fully saturated rings. The fourth-order valence-corrected chi connectivity index (χ4v) is 2.58. The Balaban J connectivity index is 2.01. The Bertz CT molecular complexity index is 420. The molecule has 0 saturated heterocycles. The molecule has 0 bridgehead atoms. The molecule has 1 aromatic carbocycles. The van der Waals surface area contributed by atoms with E-state index in [2.05, 4.69) is 21.2 Å². The molecule has 0 unspecified atom stereocenters. The fourth-order valence-electron chi connectivity index (χ4n) is 2.31. The van der Waals surface area contributed by atoms with Crippen molar-refractivity contribution < 1.29 is 4.79 Å². The van der Waals surface area contributed by atoms with Crippen LogP contribution in [0.1, 0.15) is 37.8 Å². The van der Waals surface area contributed by atoms with E-state index in [1.54, 1.807) is 0 Å². The predicted molar refractivity (Wildman–Crippen MR) is 76.0 cm³/mol. The van der Waals surface area contributed by atoms with E-state index in [9.17, 15) is 4.79 Å². The lowest BCUT2D eigenvalue weighted by molar-refractivity contribution is -0.135. The van der Waals surface area contributed by atoms with Crippen LogP contribution >= 0.6 is 15.9 Å². The first-order valence-electron chi connectivity index (χ1n) is 6.34. The van der Waals surface area contributed by atoms with Gasteiger partial charge < -0.3 is 11.1 Å². The van der Waals surface area contributed by atoms with E-state index in [-0.39, 0.29) is 17.4 Å². The molecule has 0 radical (unpaired) electrons. The van der Waals surface area contributed by atoms with Gasteiger partial charge in [0.25, 0.3) is 0 Å². The fraction of sp³-hybridized carbons (Fsp3) is 0.500. The number of benzene rings is 1. The summed E-state index contributed by atoms with van der Waals surface area (Å²) in [4.78, 5) is 12.2. The molecule has 1 atom stereocenters. The molecule has 0 aromatic heterocycles. The molecule has 3 nitrogen and oxygen atoms in total. The van der Waals surface area contributed by atoms with Crippen LogP contribution in [0, 0.1) is 5.41 Å². The summed E-state index contributed by atoms with van der Waals surface area (Å²) in [5.74, 6) is 0.103.